The third kappa shape index (κ3) is 10.8. The van der Waals surface area contributed by atoms with Crippen molar-refractivity contribution in [2.24, 2.45) is 5.92 Å². The minimum Gasteiger partial charge on any atom is -0.475 e. The number of carboxylic acid groups (broad SMARTS) is 2. The summed E-state index contributed by atoms with van der Waals surface area (Å²) in [5, 5.41) is 25.8. The van der Waals surface area contributed by atoms with E-state index in [9.17, 15) is 31.1 Å². The summed E-state index contributed by atoms with van der Waals surface area (Å²) in [7, 11) is 0. The van der Waals surface area contributed by atoms with E-state index in [0.29, 0.717) is 25.0 Å². The lowest BCUT2D eigenvalue weighted by molar-refractivity contribution is -0.193. The van der Waals surface area contributed by atoms with Gasteiger partial charge in [0.05, 0.1) is 12.2 Å². The third-order valence-corrected chi connectivity index (χ3v) is 7.21. The Morgan fingerprint density at radius 1 is 0.930 bits per heavy atom. The summed E-state index contributed by atoms with van der Waals surface area (Å²) in [5.41, 5.74) is 4.04. The molecule has 0 atom stereocenters. The van der Waals surface area contributed by atoms with Gasteiger partial charge in [-0.3, -0.25) is 19.3 Å². The average Bonchev–Trinajstić information content (AvgIpc) is 3.55. The van der Waals surface area contributed by atoms with E-state index >= 15 is 0 Å². The van der Waals surface area contributed by atoms with Crippen LogP contribution in [-0.4, -0.2) is 104 Å². The molecule has 2 fully saturated rings. The number of carboxylic acids is 2. The Kier molecular flexibility index (Phi) is 11.5. The van der Waals surface area contributed by atoms with Crippen LogP contribution in [0.25, 0.3) is 0 Å². The Morgan fingerprint density at radius 2 is 1.47 bits per heavy atom. The molecule has 2 saturated heterocycles. The van der Waals surface area contributed by atoms with Gasteiger partial charge in [0.15, 0.2) is 0 Å². The van der Waals surface area contributed by atoms with Gasteiger partial charge in [-0.05, 0) is 55.8 Å². The van der Waals surface area contributed by atoms with Crippen LogP contribution in [0.1, 0.15) is 29.7 Å². The Bertz CT molecular complexity index is 1200. The highest BCUT2D eigenvalue weighted by Crippen LogP contribution is 2.29. The molecule has 238 valence electrons. The first-order valence-corrected chi connectivity index (χ1v) is 13.4. The number of rotatable bonds is 5. The lowest BCUT2D eigenvalue weighted by Crippen LogP contribution is -2.47. The normalized spacial score (nSPS) is 18.5. The van der Waals surface area contributed by atoms with Gasteiger partial charge in [-0.2, -0.15) is 26.3 Å². The second-order valence-corrected chi connectivity index (χ2v) is 10.4. The van der Waals surface area contributed by atoms with E-state index in [1.54, 1.807) is 11.1 Å². The number of likely N-dealkylation sites (tertiary alicyclic amines) is 1. The van der Waals surface area contributed by atoms with Gasteiger partial charge in [-0.15, -0.1) is 5.10 Å². The van der Waals surface area contributed by atoms with E-state index < -0.39 is 24.3 Å². The van der Waals surface area contributed by atoms with Crippen LogP contribution in [0.5, 0.6) is 0 Å². The van der Waals surface area contributed by atoms with Gasteiger partial charge in [0.25, 0.3) is 0 Å². The highest BCUT2D eigenvalue weighted by molar-refractivity contribution is 5.78. The Balaban J connectivity index is 0.000000303. The standard InChI is InChI=1S/C22H30N6O.2C2HF3O2/c29-22-16-26(10-7-23-22)14-20-15-28(25-24-20)13-17-5-8-27(9-6-17)21-11-18-3-1-2-4-19(18)12-21;2*3-2(4,5)1(6)7/h1-4,15,17,21H,5-14,16H2,(H,23,29);2*(H,6,7). The summed E-state index contributed by atoms with van der Waals surface area (Å²) in [6.07, 6.45) is -3.22. The number of aliphatic carboxylic acids is 2. The molecule has 5 rings (SSSR count). The fraction of sp³-hybridized carbons (Fsp3) is 0.577. The van der Waals surface area contributed by atoms with Crippen molar-refractivity contribution < 1.29 is 50.9 Å². The lowest BCUT2D eigenvalue weighted by atomic mass is 9.95. The highest BCUT2D eigenvalue weighted by atomic mass is 19.4. The van der Waals surface area contributed by atoms with Gasteiger partial charge in [0, 0.05) is 38.4 Å². The molecule has 2 aliphatic heterocycles. The molecule has 0 saturated carbocycles. The number of amides is 1. The molecule has 0 spiro atoms. The van der Waals surface area contributed by atoms with Gasteiger partial charge in [-0.25, -0.2) is 9.59 Å². The Hall–Kier alpha value is -3.73. The molecule has 3 N–H and O–H groups in total. The van der Waals surface area contributed by atoms with Crippen LogP contribution < -0.4 is 5.32 Å². The number of aromatic nitrogens is 3. The molecule has 0 bridgehead atoms. The highest BCUT2D eigenvalue weighted by Gasteiger charge is 2.39. The summed E-state index contributed by atoms with van der Waals surface area (Å²) < 4.78 is 65.5. The zero-order valence-electron chi connectivity index (χ0n) is 22.9. The van der Waals surface area contributed by atoms with Crippen molar-refractivity contribution in [1.29, 1.82) is 0 Å². The zero-order valence-corrected chi connectivity index (χ0v) is 22.9. The van der Waals surface area contributed by atoms with Crippen LogP contribution in [0.15, 0.2) is 30.5 Å². The van der Waals surface area contributed by atoms with Crippen molar-refractivity contribution in [1.82, 2.24) is 30.1 Å². The number of hydrogen-bond donors (Lipinski definition) is 3. The molecule has 17 heteroatoms. The van der Waals surface area contributed by atoms with E-state index in [0.717, 1.165) is 25.3 Å². The van der Waals surface area contributed by atoms with Crippen molar-refractivity contribution in [3.63, 3.8) is 0 Å². The van der Waals surface area contributed by atoms with Crippen molar-refractivity contribution in [3.8, 4) is 0 Å². The number of hydrogen-bond acceptors (Lipinski definition) is 7. The maximum Gasteiger partial charge on any atom is 0.490 e. The van der Waals surface area contributed by atoms with Crippen LogP contribution in [0, 0.1) is 5.92 Å². The first kappa shape index (κ1) is 33.8. The number of fused-ring (bicyclic) bond motifs is 1. The molecule has 0 unspecified atom stereocenters. The summed E-state index contributed by atoms with van der Waals surface area (Å²) >= 11 is 0. The quantitative estimate of drug-likeness (QED) is 0.429. The minimum atomic E-state index is -5.08. The maximum atomic E-state index is 11.5. The smallest absolute Gasteiger partial charge is 0.475 e. The second-order valence-electron chi connectivity index (χ2n) is 10.4. The van der Waals surface area contributed by atoms with E-state index in [1.165, 1.54) is 38.8 Å². The van der Waals surface area contributed by atoms with Crippen LogP contribution in [0.2, 0.25) is 0 Å². The molecule has 11 nitrogen and oxygen atoms in total. The van der Waals surface area contributed by atoms with Crippen LogP contribution in [0.4, 0.5) is 26.3 Å². The van der Waals surface area contributed by atoms with Gasteiger partial charge < -0.3 is 15.5 Å². The second kappa shape index (κ2) is 14.6. The molecular formula is C26H32F6N6O5. The maximum absolute atomic E-state index is 11.5. The molecule has 0 radical (unpaired) electrons. The van der Waals surface area contributed by atoms with Crippen LogP contribution >= 0.6 is 0 Å². The van der Waals surface area contributed by atoms with E-state index in [-0.39, 0.29) is 5.91 Å². The van der Waals surface area contributed by atoms with Gasteiger partial charge in [-0.1, -0.05) is 29.5 Å². The van der Waals surface area contributed by atoms with Crippen molar-refractivity contribution in [3.05, 3.63) is 47.3 Å². The fourth-order valence-electron chi connectivity index (χ4n) is 5.11. The van der Waals surface area contributed by atoms with Crippen molar-refractivity contribution in [2.75, 3.05) is 32.7 Å². The average molecular weight is 623 g/mol. The number of carbonyl (C=O) groups excluding carboxylic acids is 1. The minimum absolute atomic E-state index is 0.0979. The topological polar surface area (TPSA) is 141 Å². The largest absolute Gasteiger partial charge is 0.490 e. The molecule has 3 aliphatic rings. The number of nitrogens with one attached hydrogen (secondary N) is 1. The Morgan fingerprint density at radius 3 is 1.95 bits per heavy atom. The number of piperazine rings is 1. The number of nitrogens with zero attached hydrogens (tertiary/aromatic N) is 5. The van der Waals surface area contributed by atoms with Crippen molar-refractivity contribution in [2.45, 2.75) is 57.2 Å². The number of alkyl halides is 6. The predicted octanol–water partition coefficient (Wildman–Crippen LogP) is 2.36. The summed E-state index contributed by atoms with van der Waals surface area (Å²) in [4.78, 5) is 34.1. The van der Waals surface area contributed by atoms with Gasteiger partial charge in [0.1, 0.15) is 0 Å². The summed E-state index contributed by atoms with van der Waals surface area (Å²) in [6.45, 7) is 6.08. The first-order chi connectivity index (χ1) is 20.1. The molecule has 2 aromatic rings. The van der Waals surface area contributed by atoms with Crippen LogP contribution in [0.3, 0.4) is 0 Å². The SMILES string of the molecule is O=C(O)C(F)(F)F.O=C(O)C(F)(F)F.O=C1CN(Cc2cn(CC3CCN(C4Cc5ccccc5C4)CC3)nn2)CCN1. The molecule has 1 aromatic heterocycles. The van der Waals surface area contributed by atoms with E-state index in [1.807, 2.05) is 4.68 Å². The van der Waals surface area contributed by atoms with Gasteiger partial charge >= 0.3 is 24.3 Å². The zero-order chi connectivity index (χ0) is 31.8. The number of benzene rings is 1. The molecule has 3 heterocycles. The molecule has 43 heavy (non-hydrogen) atoms. The number of carbonyl (C=O) groups is 3. The fourth-order valence-corrected chi connectivity index (χ4v) is 5.11. The monoisotopic (exact) mass is 622 g/mol. The molecular weight excluding hydrogens is 590 g/mol. The predicted molar refractivity (Wildman–Crippen MR) is 138 cm³/mol. The third-order valence-electron chi connectivity index (χ3n) is 7.21. The molecule has 1 amide bonds. The summed E-state index contributed by atoms with van der Waals surface area (Å²) in [5.74, 6) is -4.74. The van der Waals surface area contributed by atoms with Crippen molar-refractivity contribution >= 4 is 17.8 Å². The molecule has 1 aromatic carbocycles. The summed E-state index contributed by atoms with van der Waals surface area (Å²) in [6, 6.07) is 9.61. The first-order valence-electron chi connectivity index (χ1n) is 13.4. The molecule has 1 aliphatic carbocycles. The van der Waals surface area contributed by atoms with E-state index in [2.05, 4.69) is 55.9 Å². The number of piperidine rings is 1. The van der Waals surface area contributed by atoms with E-state index in [4.69, 9.17) is 19.8 Å². The van der Waals surface area contributed by atoms with Gasteiger partial charge in [0.2, 0.25) is 5.91 Å². The number of halogens is 6. The lowest BCUT2D eigenvalue weighted by Gasteiger charge is -2.35. The Labute approximate surface area is 242 Å². The van der Waals surface area contributed by atoms with Crippen LogP contribution in [-0.2, 0) is 40.3 Å².